The summed E-state index contributed by atoms with van der Waals surface area (Å²) in [4.78, 5) is 26.6. The van der Waals surface area contributed by atoms with E-state index >= 15 is 0 Å². The Kier molecular flexibility index (Phi) is 5.46. The Bertz CT molecular complexity index is 826. The van der Waals surface area contributed by atoms with Gasteiger partial charge in [0, 0.05) is 24.1 Å². The molecule has 1 aromatic heterocycles. The third-order valence-corrected chi connectivity index (χ3v) is 5.52. The van der Waals surface area contributed by atoms with E-state index in [4.69, 9.17) is 4.74 Å². The average Bonchev–Trinajstić information content (AvgIpc) is 3.22. The van der Waals surface area contributed by atoms with E-state index in [0.29, 0.717) is 18.3 Å². The first-order chi connectivity index (χ1) is 12.8. The molecular formula is C19H24N4O3S. The van der Waals surface area contributed by atoms with Crippen LogP contribution >= 0.6 is 11.3 Å². The first-order valence-corrected chi connectivity index (χ1v) is 9.77. The molecule has 0 radical (unpaired) electrons. The normalized spacial score (nSPS) is 17.3. The lowest BCUT2D eigenvalue weighted by atomic mass is 9.98. The molecule has 0 saturated carbocycles. The Labute approximate surface area is 162 Å². The monoisotopic (exact) mass is 388 g/mol. The number of carbonyl (C=O) groups is 2. The van der Waals surface area contributed by atoms with Crippen LogP contribution in [0.15, 0.2) is 24.3 Å². The first kappa shape index (κ1) is 19.3. The van der Waals surface area contributed by atoms with Gasteiger partial charge in [0.1, 0.15) is 10.8 Å². The number of hydrogen-bond acceptors (Lipinski definition) is 6. The third kappa shape index (κ3) is 4.44. The van der Waals surface area contributed by atoms with Crippen molar-refractivity contribution < 1.29 is 14.3 Å². The summed E-state index contributed by atoms with van der Waals surface area (Å²) in [5.41, 5.74) is 0.652. The maximum Gasteiger partial charge on any atom is 0.231 e. The van der Waals surface area contributed by atoms with E-state index in [1.807, 2.05) is 52.0 Å². The Morgan fingerprint density at radius 1 is 1.30 bits per heavy atom. The molecule has 1 atom stereocenters. The minimum Gasteiger partial charge on any atom is -0.494 e. The lowest BCUT2D eigenvalue weighted by Gasteiger charge is -2.17. The van der Waals surface area contributed by atoms with Gasteiger partial charge in [-0.2, -0.15) is 0 Å². The van der Waals surface area contributed by atoms with Crippen molar-refractivity contribution in [3.05, 3.63) is 29.3 Å². The molecule has 144 valence electrons. The molecule has 1 fully saturated rings. The highest BCUT2D eigenvalue weighted by Crippen LogP contribution is 2.30. The van der Waals surface area contributed by atoms with Crippen molar-refractivity contribution in [2.45, 2.75) is 39.5 Å². The minimum atomic E-state index is -0.411. The fourth-order valence-corrected chi connectivity index (χ4v) is 3.61. The second-order valence-corrected chi connectivity index (χ2v) is 8.46. The molecule has 1 saturated heterocycles. The summed E-state index contributed by atoms with van der Waals surface area (Å²) in [6, 6.07) is 7.33. The molecule has 0 bridgehead atoms. The first-order valence-electron chi connectivity index (χ1n) is 8.96. The van der Waals surface area contributed by atoms with Crippen molar-refractivity contribution in [3.8, 4) is 5.75 Å². The van der Waals surface area contributed by atoms with Gasteiger partial charge in [-0.15, -0.1) is 10.2 Å². The van der Waals surface area contributed by atoms with E-state index in [1.54, 1.807) is 4.90 Å². The van der Waals surface area contributed by atoms with Crippen LogP contribution in [0.3, 0.4) is 0 Å². The summed E-state index contributed by atoms with van der Waals surface area (Å²) >= 11 is 1.36. The van der Waals surface area contributed by atoms with Crippen LogP contribution in [0.2, 0.25) is 0 Å². The molecule has 8 heteroatoms. The van der Waals surface area contributed by atoms with E-state index in [1.165, 1.54) is 11.3 Å². The molecule has 0 aliphatic carbocycles. The average molecular weight is 388 g/mol. The quantitative estimate of drug-likeness (QED) is 0.850. The maximum absolute atomic E-state index is 12.6. The molecule has 1 N–H and O–H groups in total. The number of ether oxygens (including phenoxy) is 1. The van der Waals surface area contributed by atoms with Crippen LogP contribution in [0.4, 0.5) is 10.8 Å². The molecule has 7 nitrogen and oxygen atoms in total. The molecule has 1 aromatic carbocycles. The molecule has 27 heavy (non-hydrogen) atoms. The van der Waals surface area contributed by atoms with Gasteiger partial charge < -0.3 is 15.0 Å². The third-order valence-electron chi connectivity index (χ3n) is 4.25. The molecule has 2 heterocycles. The number of aromatic nitrogens is 2. The van der Waals surface area contributed by atoms with Crippen molar-refractivity contribution in [1.82, 2.24) is 10.2 Å². The van der Waals surface area contributed by atoms with E-state index in [2.05, 4.69) is 15.5 Å². The molecule has 2 aromatic rings. The largest absolute Gasteiger partial charge is 0.494 e. The highest BCUT2D eigenvalue weighted by atomic mass is 32.1. The molecule has 0 spiro atoms. The van der Waals surface area contributed by atoms with Crippen LogP contribution < -0.4 is 15.0 Å². The summed E-state index contributed by atoms with van der Waals surface area (Å²) in [6.45, 7) is 9.00. The van der Waals surface area contributed by atoms with Crippen LogP contribution in [0.25, 0.3) is 0 Å². The number of amides is 2. The molecule has 3 rings (SSSR count). The summed E-state index contributed by atoms with van der Waals surface area (Å²) in [7, 11) is 0. The van der Waals surface area contributed by atoms with Gasteiger partial charge in [0.05, 0.1) is 12.5 Å². The SMILES string of the molecule is CCOc1ccc(N2C[C@H](C(=O)Nc3nnc(C(C)(C)C)s3)CC2=O)cc1. The van der Waals surface area contributed by atoms with E-state index in [9.17, 15) is 9.59 Å². The number of carbonyl (C=O) groups excluding carboxylic acids is 2. The predicted molar refractivity (Wildman–Crippen MR) is 105 cm³/mol. The van der Waals surface area contributed by atoms with Gasteiger partial charge in [-0.25, -0.2) is 0 Å². The van der Waals surface area contributed by atoms with Crippen molar-refractivity contribution in [2.24, 2.45) is 5.92 Å². The molecule has 0 unspecified atom stereocenters. The summed E-state index contributed by atoms with van der Waals surface area (Å²) in [6.07, 6.45) is 0.185. The number of nitrogens with zero attached hydrogens (tertiary/aromatic N) is 3. The highest BCUT2D eigenvalue weighted by Gasteiger charge is 2.35. The van der Waals surface area contributed by atoms with Gasteiger partial charge in [-0.05, 0) is 31.2 Å². The lowest BCUT2D eigenvalue weighted by Crippen LogP contribution is -2.28. The maximum atomic E-state index is 12.6. The van der Waals surface area contributed by atoms with Gasteiger partial charge in [-0.1, -0.05) is 32.1 Å². The molecule has 1 aliphatic heterocycles. The summed E-state index contributed by atoms with van der Waals surface area (Å²) in [5, 5.41) is 12.3. The van der Waals surface area contributed by atoms with Crippen LogP contribution in [0.1, 0.15) is 39.1 Å². The van der Waals surface area contributed by atoms with Crippen LogP contribution in [0.5, 0.6) is 5.75 Å². The van der Waals surface area contributed by atoms with Gasteiger partial charge in [0.15, 0.2) is 0 Å². The standard InChI is InChI=1S/C19H24N4O3S/c1-5-26-14-8-6-13(7-9-14)23-11-12(10-15(23)24)16(25)20-18-22-21-17(27-18)19(2,3)4/h6-9,12H,5,10-11H2,1-4H3,(H,20,22,25)/t12-/m1/s1. The second kappa shape index (κ2) is 7.64. The number of hydrogen-bond donors (Lipinski definition) is 1. The Morgan fingerprint density at radius 2 is 2.00 bits per heavy atom. The van der Waals surface area contributed by atoms with Gasteiger partial charge in [0.2, 0.25) is 16.9 Å². The van der Waals surface area contributed by atoms with Crippen molar-refractivity contribution in [1.29, 1.82) is 0 Å². The molecular weight excluding hydrogens is 364 g/mol. The van der Waals surface area contributed by atoms with Crippen molar-refractivity contribution in [3.63, 3.8) is 0 Å². The summed E-state index contributed by atoms with van der Waals surface area (Å²) < 4.78 is 5.42. The summed E-state index contributed by atoms with van der Waals surface area (Å²) in [5.74, 6) is 0.0829. The van der Waals surface area contributed by atoms with Gasteiger partial charge in [-0.3, -0.25) is 9.59 Å². The minimum absolute atomic E-state index is 0.0630. The van der Waals surface area contributed by atoms with E-state index in [-0.39, 0.29) is 23.7 Å². The topological polar surface area (TPSA) is 84.4 Å². The zero-order valence-electron chi connectivity index (χ0n) is 16.0. The second-order valence-electron chi connectivity index (χ2n) is 7.48. The lowest BCUT2D eigenvalue weighted by molar-refractivity contribution is -0.122. The Balaban J connectivity index is 1.64. The van der Waals surface area contributed by atoms with Gasteiger partial charge >= 0.3 is 0 Å². The molecule has 1 aliphatic rings. The van der Waals surface area contributed by atoms with Crippen molar-refractivity contribution in [2.75, 3.05) is 23.4 Å². The number of anilines is 2. The highest BCUT2D eigenvalue weighted by molar-refractivity contribution is 7.15. The fraction of sp³-hybridized carbons (Fsp3) is 0.474. The number of benzene rings is 1. The van der Waals surface area contributed by atoms with Crippen LogP contribution in [0, 0.1) is 5.92 Å². The number of nitrogens with one attached hydrogen (secondary N) is 1. The van der Waals surface area contributed by atoms with E-state index in [0.717, 1.165) is 16.4 Å². The number of rotatable bonds is 5. The molecule has 2 amide bonds. The van der Waals surface area contributed by atoms with Crippen LogP contribution in [-0.4, -0.2) is 35.2 Å². The Hall–Kier alpha value is -2.48. The van der Waals surface area contributed by atoms with Crippen LogP contribution in [-0.2, 0) is 15.0 Å². The zero-order valence-corrected chi connectivity index (χ0v) is 16.8. The van der Waals surface area contributed by atoms with Gasteiger partial charge in [0.25, 0.3) is 0 Å². The fourth-order valence-electron chi connectivity index (χ4n) is 2.81. The van der Waals surface area contributed by atoms with E-state index < -0.39 is 5.92 Å². The Morgan fingerprint density at radius 3 is 2.59 bits per heavy atom. The zero-order chi connectivity index (χ0) is 19.6. The van der Waals surface area contributed by atoms with Crippen molar-refractivity contribution >= 4 is 34.0 Å². The predicted octanol–water partition coefficient (Wildman–Crippen LogP) is 3.23. The smallest absolute Gasteiger partial charge is 0.231 e.